The van der Waals surface area contributed by atoms with Crippen molar-refractivity contribution in [2.75, 3.05) is 5.32 Å². The van der Waals surface area contributed by atoms with Crippen LogP contribution in [0.1, 0.15) is 10.4 Å². The number of pyridine rings is 1. The second-order valence-corrected chi connectivity index (χ2v) is 10.9. The minimum absolute atomic E-state index is 0.0792. The predicted molar refractivity (Wildman–Crippen MR) is 124 cm³/mol. The number of amidine groups is 1. The highest BCUT2D eigenvalue weighted by Gasteiger charge is 2.30. The Balaban J connectivity index is 1.72. The van der Waals surface area contributed by atoms with Crippen molar-refractivity contribution in [1.29, 1.82) is 0 Å². The van der Waals surface area contributed by atoms with Gasteiger partial charge in [-0.3, -0.25) is 13.9 Å². The van der Waals surface area contributed by atoms with Crippen LogP contribution in [0, 0.1) is 0 Å². The molecular formula is C19H14ClN3O4S3. The number of anilines is 1. The summed E-state index contributed by atoms with van der Waals surface area (Å²) in [7, 11) is -3.53. The van der Waals surface area contributed by atoms with Crippen molar-refractivity contribution in [1.82, 2.24) is 4.57 Å². The highest BCUT2D eigenvalue weighted by atomic mass is 35.5. The number of nitrogens with one attached hydrogen (secondary N) is 1. The average Bonchev–Trinajstić information content (AvgIpc) is 3.34. The van der Waals surface area contributed by atoms with Gasteiger partial charge in [0.05, 0.1) is 26.8 Å². The first kappa shape index (κ1) is 19.6. The van der Waals surface area contributed by atoms with Gasteiger partial charge < -0.3 is 15.0 Å². The van der Waals surface area contributed by atoms with Gasteiger partial charge in [0.25, 0.3) is 5.56 Å². The van der Waals surface area contributed by atoms with E-state index in [1.165, 1.54) is 27.2 Å². The standard InChI is InChI=1S/C19H14ClN3O4S3/c20-14-6-5-10(29-14)9-23-12-7-8-28-17(12)16(24)15(19(23)25)18-21-11-3-1-2-4-13(11)30(26,27)22-18/h1-8,24,26-27H,9H2,(H,21,22). The summed E-state index contributed by atoms with van der Waals surface area (Å²) in [5.41, 5.74) is 0.397. The number of fused-ring (bicyclic) bond motifs is 2. The minimum Gasteiger partial charge on any atom is -0.505 e. The number of rotatable bonds is 3. The van der Waals surface area contributed by atoms with Crippen LogP contribution in [-0.2, 0) is 6.54 Å². The van der Waals surface area contributed by atoms with E-state index in [1.54, 1.807) is 41.8 Å². The molecule has 154 valence electrons. The van der Waals surface area contributed by atoms with E-state index in [0.29, 0.717) is 20.2 Å². The fraction of sp³-hybridized carbons (Fsp3) is 0.0526. The Morgan fingerprint density at radius 1 is 1.17 bits per heavy atom. The van der Waals surface area contributed by atoms with Crippen LogP contribution in [0.2, 0.25) is 4.34 Å². The SMILES string of the molecule is O=c1c(C2=NS(O)(O)c3ccccc3N2)c(O)c2sccc2n1Cc1ccc(Cl)s1. The third kappa shape index (κ3) is 3.13. The molecule has 0 amide bonds. The fourth-order valence-electron chi connectivity index (χ4n) is 3.36. The number of aromatic hydroxyl groups is 1. The molecule has 1 aliphatic rings. The summed E-state index contributed by atoms with van der Waals surface area (Å²) in [6.07, 6.45) is 0. The first-order valence-corrected chi connectivity index (χ1v) is 12.2. The zero-order valence-electron chi connectivity index (χ0n) is 15.1. The normalized spacial score (nSPS) is 16.0. The summed E-state index contributed by atoms with van der Waals surface area (Å²) in [5.74, 6) is -0.323. The monoisotopic (exact) mass is 479 g/mol. The lowest BCUT2D eigenvalue weighted by atomic mass is 10.2. The van der Waals surface area contributed by atoms with E-state index in [9.17, 15) is 19.0 Å². The lowest BCUT2D eigenvalue weighted by molar-refractivity contribution is 0.478. The van der Waals surface area contributed by atoms with Crippen molar-refractivity contribution in [3.05, 3.63) is 73.0 Å². The molecular weight excluding hydrogens is 466 g/mol. The summed E-state index contributed by atoms with van der Waals surface area (Å²) < 4.78 is 27.7. The number of nitrogens with zero attached hydrogens (tertiary/aromatic N) is 2. The summed E-state index contributed by atoms with van der Waals surface area (Å²) in [6.45, 7) is 0.261. The Morgan fingerprint density at radius 3 is 2.73 bits per heavy atom. The van der Waals surface area contributed by atoms with Gasteiger partial charge in [-0.05, 0) is 35.7 Å². The van der Waals surface area contributed by atoms with Crippen LogP contribution in [0.4, 0.5) is 5.69 Å². The van der Waals surface area contributed by atoms with Gasteiger partial charge in [0, 0.05) is 4.88 Å². The van der Waals surface area contributed by atoms with Gasteiger partial charge in [0.1, 0.15) is 10.5 Å². The van der Waals surface area contributed by atoms with Crippen LogP contribution in [0.3, 0.4) is 0 Å². The van der Waals surface area contributed by atoms with Gasteiger partial charge in [-0.25, -0.2) is 0 Å². The Labute approximate surface area is 185 Å². The molecule has 0 saturated heterocycles. The molecule has 0 bridgehead atoms. The van der Waals surface area contributed by atoms with E-state index in [0.717, 1.165) is 4.88 Å². The van der Waals surface area contributed by atoms with Gasteiger partial charge in [0.2, 0.25) is 0 Å². The predicted octanol–water partition coefficient (Wildman–Crippen LogP) is 5.43. The number of benzene rings is 1. The highest BCUT2D eigenvalue weighted by Crippen LogP contribution is 2.55. The first-order valence-electron chi connectivity index (χ1n) is 8.67. The molecule has 0 saturated carbocycles. The minimum atomic E-state index is -3.53. The number of aromatic nitrogens is 1. The van der Waals surface area contributed by atoms with Gasteiger partial charge in [-0.2, -0.15) is 0 Å². The smallest absolute Gasteiger partial charge is 0.266 e. The van der Waals surface area contributed by atoms with Crippen LogP contribution in [0.25, 0.3) is 10.2 Å². The number of para-hydroxylation sites is 1. The summed E-state index contributed by atoms with van der Waals surface area (Å²) in [4.78, 5) is 14.5. The van der Waals surface area contributed by atoms with Crippen LogP contribution in [0.5, 0.6) is 5.75 Å². The number of halogens is 1. The van der Waals surface area contributed by atoms with Gasteiger partial charge in [-0.1, -0.05) is 34.5 Å². The topological polar surface area (TPSA) is 107 Å². The lowest BCUT2D eigenvalue weighted by Crippen LogP contribution is -2.32. The van der Waals surface area contributed by atoms with Crippen molar-refractivity contribution in [2.24, 2.45) is 4.40 Å². The maximum atomic E-state index is 13.4. The molecule has 0 fully saturated rings. The summed E-state index contributed by atoms with van der Waals surface area (Å²) in [6, 6.07) is 12.0. The third-order valence-electron chi connectivity index (χ3n) is 4.68. The van der Waals surface area contributed by atoms with E-state index in [2.05, 4.69) is 9.71 Å². The van der Waals surface area contributed by atoms with Crippen LogP contribution in [-0.4, -0.2) is 24.6 Å². The molecule has 0 spiro atoms. The van der Waals surface area contributed by atoms with Gasteiger partial charge in [-0.15, -0.1) is 27.1 Å². The molecule has 30 heavy (non-hydrogen) atoms. The van der Waals surface area contributed by atoms with E-state index in [1.807, 2.05) is 6.07 Å². The molecule has 0 atom stereocenters. The Hall–Kier alpha value is -2.34. The lowest BCUT2D eigenvalue weighted by Gasteiger charge is -2.34. The van der Waals surface area contributed by atoms with Crippen molar-refractivity contribution in [3.8, 4) is 5.75 Å². The second kappa shape index (κ2) is 7.12. The Bertz CT molecular complexity index is 1390. The molecule has 4 heterocycles. The number of thiophene rings is 2. The zero-order chi connectivity index (χ0) is 21.0. The molecule has 0 aliphatic carbocycles. The van der Waals surface area contributed by atoms with E-state index in [4.69, 9.17) is 11.6 Å². The summed E-state index contributed by atoms with van der Waals surface area (Å²) >= 11 is 8.68. The van der Waals surface area contributed by atoms with Crippen LogP contribution >= 0.6 is 45.1 Å². The molecule has 0 radical (unpaired) electrons. The number of hydrogen-bond donors (Lipinski definition) is 4. The molecule has 0 unspecified atom stereocenters. The molecule has 4 N–H and O–H groups in total. The Kier molecular flexibility index (Phi) is 4.65. The maximum Gasteiger partial charge on any atom is 0.266 e. The largest absolute Gasteiger partial charge is 0.505 e. The van der Waals surface area contributed by atoms with E-state index >= 15 is 0 Å². The van der Waals surface area contributed by atoms with Gasteiger partial charge >= 0.3 is 0 Å². The molecule has 7 nitrogen and oxygen atoms in total. The van der Waals surface area contributed by atoms with Crippen molar-refractivity contribution >= 4 is 66.8 Å². The van der Waals surface area contributed by atoms with E-state index < -0.39 is 16.3 Å². The van der Waals surface area contributed by atoms with Crippen LogP contribution < -0.4 is 10.9 Å². The van der Waals surface area contributed by atoms with E-state index in [-0.39, 0.29) is 28.6 Å². The second-order valence-electron chi connectivity index (χ2n) is 6.54. The average molecular weight is 480 g/mol. The van der Waals surface area contributed by atoms with Gasteiger partial charge in [0.15, 0.2) is 11.6 Å². The molecule has 1 aromatic carbocycles. The third-order valence-corrected chi connectivity index (χ3v) is 8.19. The number of hydrogen-bond acceptors (Lipinski definition) is 8. The zero-order valence-corrected chi connectivity index (χ0v) is 18.3. The van der Waals surface area contributed by atoms with Crippen LogP contribution in [0.15, 0.2) is 61.9 Å². The quantitative estimate of drug-likeness (QED) is 0.313. The fourth-order valence-corrected chi connectivity index (χ4v) is 6.45. The molecule has 5 rings (SSSR count). The van der Waals surface area contributed by atoms with Crippen molar-refractivity contribution < 1.29 is 14.2 Å². The molecule has 3 aromatic heterocycles. The van der Waals surface area contributed by atoms with Crippen molar-refractivity contribution in [3.63, 3.8) is 0 Å². The maximum absolute atomic E-state index is 13.4. The molecule has 11 heteroatoms. The Morgan fingerprint density at radius 2 is 1.97 bits per heavy atom. The molecule has 4 aromatic rings. The summed E-state index contributed by atoms with van der Waals surface area (Å²) in [5, 5.41) is 15.6. The van der Waals surface area contributed by atoms with Crippen molar-refractivity contribution in [2.45, 2.75) is 11.4 Å². The molecule has 1 aliphatic heterocycles. The first-order chi connectivity index (χ1) is 14.3. The highest BCUT2D eigenvalue weighted by molar-refractivity contribution is 8.23.